The zero-order valence-electron chi connectivity index (χ0n) is 11.9. The number of ether oxygens (including phenoxy) is 1. The standard InChI is InChI=1S/C17H24O2/c1-11-7-13(5-6-16(11)19-2)17-14-3-4-15(17)9-12(8-14)10-18/h5-7,12,14-15,17-18H,3-4,8-10H2,1-2H3. The molecule has 2 saturated carbocycles. The molecule has 0 amide bonds. The Morgan fingerprint density at radius 2 is 1.89 bits per heavy atom. The number of aryl methyl sites for hydroxylation is 1. The van der Waals surface area contributed by atoms with Crippen LogP contribution in [0.3, 0.4) is 0 Å². The molecule has 0 saturated heterocycles. The van der Waals surface area contributed by atoms with Gasteiger partial charge in [-0.3, -0.25) is 0 Å². The van der Waals surface area contributed by atoms with E-state index in [0.717, 1.165) is 17.6 Å². The molecule has 2 atom stereocenters. The van der Waals surface area contributed by atoms with Crippen LogP contribution in [0.25, 0.3) is 0 Å². The Kier molecular flexibility index (Phi) is 3.53. The molecule has 2 nitrogen and oxygen atoms in total. The number of rotatable bonds is 3. The molecule has 0 radical (unpaired) electrons. The molecule has 2 heteroatoms. The summed E-state index contributed by atoms with van der Waals surface area (Å²) in [5, 5.41) is 9.41. The predicted molar refractivity (Wildman–Crippen MR) is 76.5 cm³/mol. The fraction of sp³-hybridized carbons (Fsp3) is 0.647. The molecule has 1 aromatic carbocycles. The molecular weight excluding hydrogens is 236 g/mol. The summed E-state index contributed by atoms with van der Waals surface area (Å²) in [4.78, 5) is 0. The van der Waals surface area contributed by atoms with Crippen LogP contribution in [0, 0.1) is 24.7 Å². The van der Waals surface area contributed by atoms with Gasteiger partial charge in [0.1, 0.15) is 5.75 Å². The number of fused-ring (bicyclic) bond motifs is 2. The zero-order chi connectivity index (χ0) is 13.4. The first-order valence-electron chi connectivity index (χ1n) is 7.48. The first kappa shape index (κ1) is 13.0. The molecule has 2 bridgehead atoms. The fourth-order valence-corrected chi connectivity index (χ4v) is 4.46. The van der Waals surface area contributed by atoms with E-state index in [9.17, 15) is 5.11 Å². The molecule has 0 spiro atoms. The van der Waals surface area contributed by atoms with Crippen LogP contribution in [0.2, 0.25) is 0 Å². The monoisotopic (exact) mass is 260 g/mol. The number of benzene rings is 1. The number of hydrogen-bond acceptors (Lipinski definition) is 2. The van der Waals surface area contributed by atoms with Gasteiger partial charge in [0.2, 0.25) is 0 Å². The molecule has 2 fully saturated rings. The molecule has 1 N–H and O–H groups in total. The lowest BCUT2D eigenvalue weighted by atomic mass is 9.70. The summed E-state index contributed by atoms with van der Waals surface area (Å²) in [6.07, 6.45) is 5.11. The zero-order valence-corrected chi connectivity index (χ0v) is 11.9. The van der Waals surface area contributed by atoms with E-state index in [2.05, 4.69) is 25.1 Å². The van der Waals surface area contributed by atoms with Crippen LogP contribution >= 0.6 is 0 Å². The molecule has 1 aromatic rings. The van der Waals surface area contributed by atoms with Crippen molar-refractivity contribution in [3.8, 4) is 5.75 Å². The van der Waals surface area contributed by atoms with Crippen LogP contribution < -0.4 is 4.74 Å². The molecule has 0 aromatic heterocycles. The van der Waals surface area contributed by atoms with Crippen LogP contribution in [0.4, 0.5) is 0 Å². The summed E-state index contributed by atoms with van der Waals surface area (Å²) in [6, 6.07) is 6.68. The van der Waals surface area contributed by atoms with E-state index in [1.54, 1.807) is 7.11 Å². The molecule has 2 aliphatic rings. The van der Waals surface area contributed by atoms with Crippen LogP contribution in [0.15, 0.2) is 18.2 Å². The van der Waals surface area contributed by atoms with Gasteiger partial charge < -0.3 is 9.84 Å². The summed E-state index contributed by atoms with van der Waals surface area (Å²) in [5.74, 6) is 3.81. The van der Waals surface area contributed by atoms with E-state index in [1.165, 1.54) is 36.8 Å². The van der Waals surface area contributed by atoms with Gasteiger partial charge in [-0.05, 0) is 73.5 Å². The summed E-state index contributed by atoms with van der Waals surface area (Å²) < 4.78 is 5.36. The van der Waals surface area contributed by atoms with E-state index in [1.807, 2.05) is 0 Å². The molecule has 0 heterocycles. The summed E-state index contributed by atoms with van der Waals surface area (Å²) in [6.45, 7) is 2.50. The third-order valence-corrected chi connectivity index (χ3v) is 5.26. The topological polar surface area (TPSA) is 29.5 Å². The molecular formula is C17H24O2. The van der Waals surface area contributed by atoms with Crippen LogP contribution in [0.1, 0.15) is 42.7 Å². The molecule has 0 aliphatic heterocycles. The van der Waals surface area contributed by atoms with Crippen LogP contribution in [0.5, 0.6) is 5.75 Å². The Labute approximate surface area is 115 Å². The molecule has 19 heavy (non-hydrogen) atoms. The minimum absolute atomic E-state index is 0.376. The quantitative estimate of drug-likeness (QED) is 0.901. The Bertz CT molecular complexity index is 441. The number of methoxy groups -OCH3 is 1. The van der Waals surface area contributed by atoms with Crippen molar-refractivity contribution in [1.29, 1.82) is 0 Å². The number of aliphatic hydroxyl groups is 1. The van der Waals surface area contributed by atoms with Crippen molar-refractivity contribution < 1.29 is 9.84 Å². The fourth-order valence-electron chi connectivity index (χ4n) is 4.46. The van der Waals surface area contributed by atoms with Crippen molar-refractivity contribution in [3.05, 3.63) is 29.3 Å². The van der Waals surface area contributed by atoms with E-state index in [0.29, 0.717) is 18.4 Å². The normalized spacial score (nSPS) is 33.4. The highest BCUT2D eigenvalue weighted by Gasteiger charge is 2.42. The van der Waals surface area contributed by atoms with Crippen LogP contribution in [-0.4, -0.2) is 18.8 Å². The molecule has 3 rings (SSSR count). The third kappa shape index (κ3) is 2.27. The lowest BCUT2D eigenvalue weighted by Crippen LogP contribution is -2.26. The maximum absolute atomic E-state index is 9.41. The first-order chi connectivity index (χ1) is 9.22. The summed E-state index contributed by atoms with van der Waals surface area (Å²) in [5.41, 5.74) is 2.73. The average Bonchev–Trinajstić information content (AvgIpc) is 2.69. The average molecular weight is 260 g/mol. The number of aliphatic hydroxyl groups excluding tert-OH is 1. The summed E-state index contributed by atoms with van der Waals surface area (Å²) >= 11 is 0. The predicted octanol–water partition coefficient (Wildman–Crippen LogP) is 3.52. The Hall–Kier alpha value is -1.02. The first-order valence-corrected chi connectivity index (χ1v) is 7.48. The van der Waals surface area contributed by atoms with E-state index in [-0.39, 0.29) is 0 Å². The SMILES string of the molecule is COc1ccc(C2C3CCC2CC(CO)C3)cc1C. The second-order valence-corrected chi connectivity index (χ2v) is 6.37. The van der Waals surface area contributed by atoms with Crippen molar-refractivity contribution in [2.24, 2.45) is 17.8 Å². The lowest BCUT2D eigenvalue weighted by Gasteiger charge is -2.35. The third-order valence-electron chi connectivity index (χ3n) is 5.26. The van der Waals surface area contributed by atoms with Gasteiger partial charge in [0.05, 0.1) is 7.11 Å². The summed E-state index contributed by atoms with van der Waals surface area (Å²) in [7, 11) is 1.73. The molecule has 104 valence electrons. The van der Waals surface area contributed by atoms with E-state index >= 15 is 0 Å². The maximum atomic E-state index is 9.41. The van der Waals surface area contributed by atoms with E-state index in [4.69, 9.17) is 4.74 Å². The maximum Gasteiger partial charge on any atom is 0.121 e. The number of hydrogen-bond donors (Lipinski definition) is 1. The van der Waals surface area contributed by atoms with Crippen molar-refractivity contribution in [2.75, 3.05) is 13.7 Å². The molecule has 2 unspecified atom stereocenters. The highest BCUT2D eigenvalue weighted by molar-refractivity contribution is 5.38. The lowest BCUT2D eigenvalue weighted by molar-refractivity contribution is 0.141. The Morgan fingerprint density at radius 3 is 2.42 bits per heavy atom. The molecule has 2 aliphatic carbocycles. The largest absolute Gasteiger partial charge is 0.496 e. The van der Waals surface area contributed by atoms with Crippen molar-refractivity contribution in [1.82, 2.24) is 0 Å². The minimum Gasteiger partial charge on any atom is -0.496 e. The second kappa shape index (κ2) is 5.16. The van der Waals surface area contributed by atoms with Gasteiger partial charge in [0.15, 0.2) is 0 Å². The van der Waals surface area contributed by atoms with Gasteiger partial charge in [-0.25, -0.2) is 0 Å². The van der Waals surface area contributed by atoms with E-state index < -0.39 is 0 Å². The van der Waals surface area contributed by atoms with Crippen molar-refractivity contribution in [3.63, 3.8) is 0 Å². The smallest absolute Gasteiger partial charge is 0.121 e. The van der Waals surface area contributed by atoms with Gasteiger partial charge in [-0.2, -0.15) is 0 Å². The second-order valence-electron chi connectivity index (χ2n) is 6.37. The van der Waals surface area contributed by atoms with Crippen molar-refractivity contribution in [2.45, 2.75) is 38.5 Å². The minimum atomic E-state index is 0.376. The highest BCUT2D eigenvalue weighted by Crippen LogP contribution is 2.54. The Morgan fingerprint density at radius 1 is 1.21 bits per heavy atom. The van der Waals surface area contributed by atoms with Gasteiger partial charge in [0.25, 0.3) is 0 Å². The van der Waals surface area contributed by atoms with Crippen LogP contribution in [-0.2, 0) is 0 Å². The van der Waals surface area contributed by atoms with Gasteiger partial charge in [-0.15, -0.1) is 0 Å². The highest BCUT2D eigenvalue weighted by atomic mass is 16.5. The van der Waals surface area contributed by atoms with Gasteiger partial charge in [-0.1, -0.05) is 12.1 Å². The van der Waals surface area contributed by atoms with Gasteiger partial charge >= 0.3 is 0 Å². The van der Waals surface area contributed by atoms with Gasteiger partial charge in [0, 0.05) is 6.61 Å². The van der Waals surface area contributed by atoms with Crippen molar-refractivity contribution >= 4 is 0 Å². The Balaban J connectivity index is 1.85.